The molecule has 1 fully saturated rings. The van der Waals surface area contributed by atoms with E-state index in [-0.39, 0.29) is 5.92 Å². The van der Waals surface area contributed by atoms with E-state index in [1.54, 1.807) is 6.20 Å². The van der Waals surface area contributed by atoms with Crippen LogP contribution in [0.25, 0.3) is 0 Å². The van der Waals surface area contributed by atoms with Crippen LogP contribution in [0.3, 0.4) is 0 Å². The molecule has 3 heterocycles. The van der Waals surface area contributed by atoms with E-state index in [4.69, 9.17) is 0 Å². The maximum atomic E-state index is 11.8. The van der Waals surface area contributed by atoms with Gasteiger partial charge >= 0.3 is 0 Å². The standard InChI is InChI=1S/C14H19N5O2S/c1-10-15-5-3-12(17-10)9-19-6-4-11(8-19)14-13(7-16-18-14)22(2,20)21/h3,5,7,11H,4,6,8-9H2,1-2H3,(H,16,18)/t11-/m1/s1. The molecule has 0 aliphatic carbocycles. The number of H-pyrrole nitrogens is 1. The summed E-state index contributed by atoms with van der Waals surface area (Å²) in [4.78, 5) is 11.1. The zero-order chi connectivity index (χ0) is 15.7. The molecule has 8 heteroatoms. The van der Waals surface area contributed by atoms with Gasteiger partial charge in [-0.2, -0.15) is 5.10 Å². The molecule has 0 spiro atoms. The Hall–Kier alpha value is -1.80. The minimum absolute atomic E-state index is 0.162. The molecule has 0 aromatic carbocycles. The van der Waals surface area contributed by atoms with E-state index in [1.807, 2.05) is 13.0 Å². The lowest BCUT2D eigenvalue weighted by Crippen LogP contribution is -2.21. The van der Waals surface area contributed by atoms with Crippen LogP contribution in [0.4, 0.5) is 0 Å². The molecule has 22 heavy (non-hydrogen) atoms. The minimum Gasteiger partial charge on any atom is -0.297 e. The SMILES string of the molecule is Cc1nccc(CN2CC[C@@H](c3[nH]ncc3S(C)(=O)=O)C2)n1. The predicted octanol–water partition coefficient (Wildman–Crippen LogP) is 0.901. The summed E-state index contributed by atoms with van der Waals surface area (Å²) in [6.45, 7) is 4.34. The van der Waals surface area contributed by atoms with E-state index in [9.17, 15) is 8.42 Å². The van der Waals surface area contributed by atoms with Gasteiger partial charge in [-0.15, -0.1) is 0 Å². The van der Waals surface area contributed by atoms with Gasteiger partial charge in [0.05, 0.1) is 17.6 Å². The summed E-state index contributed by atoms with van der Waals surface area (Å²) in [7, 11) is -3.24. The van der Waals surface area contributed by atoms with Crippen molar-refractivity contribution in [2.75, 3.05) is 19.3 Å². The maximum absolute atomic E-state index is 11.8. The fraction of sp³-hybridized carbons (Fsp3) is 0.500. The summed E-state index contributed by atoms with van der Waals surface area (Å²) in [6, 6.07) is 1.92. The highest BCUT2D eigenvalue weighted by Gasteiger charge is 2.29. The van der Waals surface area contributed by atoms with E-state index in [1.165, 1.54) is 12.5 Å². The van der Waals surface area contributed by atoms with Gasteiger partial charge in [0.15, 0.2) is 9.84 Å². The molecule has 2 aromatic heterocycles. The molecule has 7 nitrogen and oxygen atoms in total. The Kier molecular flexibility index (Phi) is 3.96. The van der Waals surface area contributed by atoms with Crippen molar-refractivity contribution < 1.29 is 8.42 Å². The van der Waals surface area contributed by atoms with Gasteiger partial charge < -0.3 is 0 Å². The molecule has 1 aliphatic heterocycles. The van der Waals surface area contributed by atoms with Crippen LogP contribution in [0, 0.1) is 6.92 Å². The number of likely N-dealkylation sites (tertiary alicyclic amines) is 1. The Balaban J connectivity index is 1.72. The summed E-state index contributed by atoms with van der Waals surface area (Å²) in [5.41, 5.74) is 1.71. The van der Waals surface area contributed by atoms with E-state index in [0.29, 0.717) is 4.90 Å². The highest BCUT2D eigenvalue weighted by Crippen LogP contribution is 2.30. The average molecular weight is 321 g/mol. The number of aromatic amines is 1. The zero-order valence-electron chi connectivity index (χ0n) is 12.7. The van der Waals surface area contributed by atoms with Crippen molar-refractivity contribution in [3.8, 4) is 0 Å². The fourth-order valence-electron chi connectivity index (χ4n) is 2.91. The molecule has 0 bridgehead atoms. The Morgan fingerprint density at radius 1 is 1.45 bits per heavy atom. The van der Waals surface area contributed by atoms with Crippen molar-refractivity contribution in [3.05, 3.63) is 35.7 Å². The molecule has 1 N–H and O–H groups in total. The first-order valence-corrected chi connectivity index (χ1v) is 9.07. The Morgan fingerprint density at radius 2 is 2.27 bits per heavy atom. The van der Waals surface area contributed by atoms with E-state index in [2.05, 4.69) is 25.1 Å². The smallest absolute Gasteiger partial charge is 0.178 e. The molecule has 1 saturated heterocycles. The van der Waals surface area contributed by atoms with Gasteiger partial charge in [-0.05, 0) is 26.0 Å². The summed E-state index contributed by atoms with van der Waals surface area (Å²) in [5, 5.41) is 6.78. The van der Waals surface area contributed by atoms with Crippen LogP contribution in [-0.4, -0.2) is 52.8 Å². The summed E-state index contributed by atoms with van der Waals surface area (Å²) in [6.07, 6.45) is 5.30. The van der Waals surface area contributed by atoms with Crippen molar-refractivity contribution in [2.45, 2.75) is 30.7 Å². The van der Waals surface area contributed by atoms with E-state index < -0.39 is 9.84 Å². The molecule has 3 rings (SSSR count). The molecule has 2 aromatic rings. The molecule has 1 atom stereocenters. The first kappa shape index (κ1) is 15.1. The van der Waals surface area contributed by atoms with Gasteiger partial charge in [0.2, 0.25) is 0 Å². The number of hydrogen-bond acceptors (Lipinski definition) is 6. The number of aromatic nitrogens is 4. The zero-order valence-corrected chi connectivity index (χ0v) is 13.5. The van der Waals surface area contributed by atoms with E-state index in [0.717, 1.165) is 43.3 Å². The summed E-state index contributed by atoms with van der Waals surface area (Å²) < 4.78 is 23.6. The van der Waals surface area contributed by atoms with Crippen LogP contribution in [0.1, 0.15) is 29.6 Å². The second-order valence-corrected chi connectivity index (χ2v) is 7.72. The van der Waals surface area contributed by atoms with Crippen molar-refractivity contribution in [2.24, 2.45) is 0 Å². The van der Waals surface area contributed by atoms with Crippen LogP contribution in [0.15, 0.2) is 23.4 Å². The molecule has 0 radical (unpaired) electrons. The van der Waals surface area contributed by atoms with Crippen LogP contribution in [-0.2, 0) is 16.4 Å². The normalized spacial score (nSPS) is 19.6. The number of nitrogens with one attached hydrogen (secondary N) is 1. The Morgan fingerprint density at radius 3 is 3.00 bits per heavy atom. The topological polar surface area (TPSA) is 91.8 Å². The quantitative estimate of drug-likeness (QED) is 0.899. The van der Waals surface area contributed by atoms with Crippen molar-refractivity contribution in [1.29, 1.82) is 0 Å². The first-order valence-electron chi connectivity index (χ1n) is 7.17. The van der Waals surface area contributed by atoms with Gasteiger partial charge in [0.25, 0.3) is 0 Å². The lowest BCUT2D eigenvalue weighted by molar-refractivity contribution is 0.321. The summed E-state index contributed by atoms with van der Waals surface area (Å²) in [5.74, 6) is 0.927. The molecule has 1 aliphatic rings. The van der Waals surface area contributed by atoms with Crippen LogP contribution >= 0.6 is 0 Å². The molecular formula is C14H19N5O2S. The predicted molar refractivity (Wildman–Crippen MR) is 81.1 cm³/mol. The minimum atomic E-state index is -3.24. The van der Waals surface area contributed by atoms with Crippen LogP contribution in [0.2, 0.25) is 0 Å². The number of rotatable bonds is 4. The molecule has 0 amide bonds. The molecular weight excluding hydrogens is 302 g/mol. The largest absolute Gasteiger partial charge is 0.297 e. The van der Waals surface area contributed by atoms with E-state index >= 15 is 0 Å². The van der Waals surface area contributed by atoms with Gasteiger partial charge in [-0.1, -0.05) is 0 Å². The third-order valence-corrected chi connectivity index (χ3v) is 5.06. The monoisotopic (exact) mass is 321 g/mol. The van der Waals surface area contributed by atoms with Crippen molar-refractivity contribution in [3.63, 3.8) is 0 Å². The van der Waals surface area contributed by atoms with Crippen LogP contribution in [0.5, 0.6) is 0 Å². The third kappa shape index (κ3) is 3.17. The highest BCUT2D eigenvalue weighted by molar-refractivity contribution is 7.90. The fourth-order valence-corrected chi connectivity index (χ4v) is 3.76. The number of nitrogens with zero attached hydrogens (tertiary/aromatic N) is 4. The van der Waals surface area contributed by atoms with Gasteiger partial charge in [0.1, 0.15) is 10.7 Å². The Labute approximate surface area is 129 Å². The lowest BCUT2D eigenvalue weighted by atomic mass is 10.1. The van der Waals surface area contributed by atoms with Crippen molar-refractivity contribution >= 4 is 9.84 Å². The van der Waals surface area contributed by atoms with Crippen molar-refractivity contribution in [1.82, 2.24) is 25.1 Å². The number of aryl methyl sites for hydroxylation is 1. The lowest BCUT2D eigenvalue weighted by Gasteiger charge is -2.15. The number of sulfone groups is 1. The van der Waals surface area contributed by atoms with Gasteiger partial charge in [-0.3, -0.25) is 10.00 Å². The third-order valence-electron chi connectivity index (χ3n) is 3.93. The van der Waals surface area contributed by atoms with Gasteiger partial charge in [-0.25, -0.2) is 18.4 Å². The molecule has 0 saturated carbocycles. The van der Waals surface area contributed by atoms with Crippen LogP contribution < -0.4 is 0 Å². The second kappa shape index (κ2) is 5.77. The average Bonchev–Trinajstić information content (AvgIpc) is 3.05. The number of hydrogen-bond donors (Lipinski definition) is 1. The van der Waals surface area contributed by atoms with Gasteiger partial charge in [0, 0.05) is 31.5 Å². The highest BCUT2D eigenvalue weighted by atomic mass is 32.2. The second-order valence-electron chi connectivity index (χ2n) is 5.74. The maximum Gasteiger partial charge on any atom is 0.178 e. The first-order chi connectivity index (χ1) is 10.4. The Bertz CT molecular complexity index is 771. The molecule has 118 valence electrons. The molecule has 0 unspecified atom stereocenters. The summed E-state index contributed by atoms with van der Waals surface area (Å²) >= 11 is 0.